The van der Waals surface area contributed by atoms with Crippen LogP contribution in [0.5, 0.6) is 0 Å². The highest BCUT2D eigenvalue weighted by Gasteiger charge is 2.14. The smallest absolute Gasteiger partial charge is 0.305 e. The molecule has 0 aliphatic carbocycles. The Bertz CT molecular complexity index is 403. The molecular weight excluding hydrogens is 242 g/mol. The van der Waals surface area contributed by atoms with Crippen molar-refractivity contribution >= 4 is 23.5 Å². The second-order valence-electron chi connectivity index (χ2n) is 3.68. The number of carbonyl (C=O) groups excluding carboxylic acids is 1. The fourth-order valence-corrected chi connectivity index (χ4v) is 1.50. The Labute approximate surface area is 105 Å². The number of rotatable bonds is 5. The van der Waals surface area contributed by atoms with Crippen molar-refractivity contribution < 1.29 is 14.7 Å². The molecule has 0 saturated carbocycles. The molecule has 0 heterocycles. The number of halogens is 1. The fraction of sp³-hybridized carbons (Fsp3) is 0.333. The summed E-state index contributed by atoms with van der Waals surface area (Å²) >= 11 is 5.71. The van der Waals surface area contributed by atoms with Gasteiger partial charge in [-0.15, -0.1) is 0 Å². The summed E-state index contributed by atoms with van der Waals surface area (Å²) in [5, 5.41) is 11.9. The number of carboxylic acid groups (broad SMARTS) is 1. The number of carboxylic acids is 1. The largest absolute Gasteiger partial charge is 0.481 e. The lowest BCUT2D eigenvalue weighted by atomic mass is 10.1. The highest BCUT2D eigenvalue weighted by atomic mass is 35.5. The van der Waals surface area contributed by atoms with Gasteiger partial charge in [0.2, 0.25) is 0 Å². The Balaban J connectivity index is 2.64. The second-order valence-corrected chi connectivity index (χ2v) is 4.12. The Morgan fingerprint density at radius 2 is 1.94 bits per heavy atom. The molecule has 2 N–H and O–H groups in total. The summed E-state index contributed by atoms with van der Waals surface area (Å²) < 4.78 is 0. The SMILES string of the molecule is CCC(CC(=O)O)NC(=O)c1ccc(Cl)cc1. The number of hydrogen-bond donors (Lipinski definition) is 2. The van der Waals surface area contributed by atoms with Crippen LogP contribution < -0.4 is 5.32 Å². The molecule has 0 aliphatic rings. The van der Waals surface area contributed by atoms with Crippen LogP contribution in [0.25, 0.3) is 0 Å². The number of hydrogen-bond acceptors (Lipinski definition) is 2. The molecule has 1 aromatic carbocycles. The average molecular weight is 256 g/mol. The van der Waals surface area contributed by atoms with Gasteiger partial charge in [-0.25, -0.2) is 0 Å². The molecule has 4 nitrogen and oxygen atoms in total. The van der Waals surface area contributed by atoms with Gasteiger partial charge >= 0.3 is 5.97 Å². The molecular formula is C12H14ClNO3. The van der Waals surface area contributed by atoms with Crippen LogP contribution in [-0.4, -0.2) is 23.0 Å². The van der Waals surface area contributed by atoms with Crippen molar-refractivity contribution in [1.82, 2.24) is 5.32 Å². The van der Waals surface area contributed by atoms with E-state index >= 15 is 0 Å². The summed E-state index contributed by atoms with van der Waals surface area (Å²) in [5.41, 5.74) is 0.471. The first-order chi connectivity index (χ1) is 8.02. The van der Waals surface area contributed by atoms with Crippen LogP contribution in [0.4, 0.5) is 0 Å². The van der Waals surface area contributed by atoms with Crippen LogP contribution in [0.3, 0.4) is 0 Å². The third kappa shape index (κ3) is 4.44. The molecule has 92 valence electrons. The van der Waals surface area contributed by atoms with Gasteiger partial charge in [0.15, 0.2) is 0 Å². The first-order valence-corrected chi connectivity index (χ1v) is 5.69. The first kappa shape index (κ1) is 13.5. The lowest BCUT2D eigenvalue weighted by Gasteiger charge is -2.14. The van der Waals surface area contributed by atoms with Crippen LogP contribution in [-0.2, 0) is 4.79 Å². The molecule has 0 bridgehead atoms. The fourth-order valence-electron chi connectivity index (χ4n) is 1.38. The Morgan fingerprint density at radius 1 is 1.35 bits per heavy atom. The standard InChI is InChI=1S/C12H14ClNO3/c1-2-10(7-11(15)16)14-12(17)8-3-5-9(13)6-4-8/h3-6,10H,2,7H2,1H3,(H,14,17)(H,15,16). The van der Waals surface area contributed by atoms with Gasteiger partial charge in [-0.05, 0) is 30.7 Å². The van der Waals surface area contributed by atoms with Gasteiger partial charge in [-0.3, -0.25) is 9.59 Å². The van der Waals surface area contributed by atoms with E-state index in [1.165, 1.54) is 0 Å². The summed E-state index contributed by atoms with van der Waals surface area (Å²) in [6.07, 6.45) is 0.501. The number of aliphatic carboxylic acids is 1. The lowest BCUT2D eigenvalue weighted by Crippen LogP contribution is -2.35. The lowest BCUT2D eigenvalue weighted by molar-refractivity contribution is -0.137. The highest BCUT2D eigenvalue weighted by Crippen LogP contribution is 2.10. The van der Waals surface area contributed by atoms with Gasteiger partial charge in [-0.2, -0.15) is 0 Å². The summed E-state index contributed by atoms with van der Waals surface area (Å²) in [6.45, 7) is 1.83. The molecule has 0 saturated heterocycles. The normalized spacial score (nSPS) is 11.9. The quantitative estimate of drug-likeness (QED) is 0.849. The minimum Gasteiger partial charge on any atom is -0.481 e. The van der Waals surface area contributed by atoms with Crippen molar-refractivity contribution in [2.45, 2.75) is 25.8 Å². The molecule has 5 heteroatoms. The van der Waals surface area contributed by atoms with Crippen molar-refractivity contribution in [2.24, 2.45) is 0 Å². The van der Waals surface area contributed by atoms with Crippen LogP contribution in [0.15, 0.2) is 24.3 Å². The van der Waals surface area contributed by atoms with Crippen molar-refractivity contribution in [3.05, 3.63) is 34.9 Å². The van der Waals surface area contributed by atoms with Crippen LogP contribution >= 0.6 is 11.6 Å². The van der Waals surface area contributed by atoms with E-state index in [0.29, 0.717) is 17.0 Å². The zero-order valence-corrected chi connectivity index (χ0v) is 10.2. The number of carbonyl (C=O) groups is 2. The van der Waals surface area contributed by atoms with E-state index in [9.17, 15) is 9.59 Å². The number of amides is 1. The van der Waals surface area contributed by atoms with E-state index in [1.807, 2.05) is 6.92 Å². The van der Waals surface area contributed by atoms with Crippen molar-refractivity contribution in [1.29, 1.82) is 0 Å². The summed E-state index contributed by atoms with van der Waals surface area (Å²) in [4.78, 5) is 22.3. The van der Waals surface area contributed by atoms with Gasteiger partial charge in [-0.1, -0.05) is 18.5 Å². The highest BCUT2D eigenvalue weighted by molar-refractivity contribution is 6.30. The maximum absolute atomic E-state index is 11.8. The van der Waals surface area contributed by atoms with Crippen LogP contribution in [0.2, 0.25) is 5.02 Å². The average Bonchev–Trinajstić information content (AvgIpc) is 2.28. The molecule has 1 unspecified atom stereocenters. The molecule has 0 fully saturated rings. The predicted octanol–water partition coefficient (Wildman–Crippen LogP) is 2.32. The number of benzene rings is 1. The minimum absolute atomic E-state index is 0.0736. The molecule has 0 aromatic heterocycles. The zero-order valence-electron chi connectivity index (χ0n) is 9.44. The van der Waals surface area contributed by atoms with E-state index in [2.05, 4.69) is 5.32 Å². The Morgan fingerprint density at radius 3 is 2.41 bits per heavy atom. The second kappa shape index (κ2) is 6.25. The van der Waals surface area contributed by atoms with Gasteiger partial charge in [0.25, 0.3) is 5.91 Å². The third-order valence-corrected chi connectivity index (χ3v) is 2.61. The van der Waals surface area contributed by atoms with Gasteiger partial charge in [0, 0.05) is 16.6 Å². The van der Waals surface area contributed by atoms with Crippen LogP contribution in [0, 0.1) is 0 Å². The molecule has 1 rings (SSSR count). The van der Waals surface area contributed by atoms with E-state index in [-0.39, 0.29) is 18.4 Å². The van der Waals surface area contributed by atoms with Crippen molar-refractivity contribution in [2.75, 3.05) is 0 Å². The molecule has 1 amide bonds. The van der Waals surface area contributed by atoms with Gasteiger partial charge in [0.05, 0.1) is 6.42 Å². The molecule has 1 atom stereocenters. The van der Waals surface area contributed by atoms with E-state index in [1.54, 1.807) is 24.3 Å². The summed E-state index contributed by atoms with van der Waals surface area (Å²) in [5.74, 6) is -1.21. The van der Waals surface area contributed by atoms with Crippen molar-refractivity contribution in [3.63, 3.8) is 0 Å². The maximum atomic E-state index is 11.8. The molecule has 0 aliphatic heterocycles. The first-order valence-electron chi connectivity index (χ1n) is 5.31. The predicted molar refractivity (Wildman–Crippen MR) is 65.3 cm³/mol. The van der Waals surface area contributed by atoms with Gasteiger partial charge in [0.1, 0.15) is 0 Å². The van der Waals surface area contributed by atoms with Crippen LogP contribution in [0.1, 0.15) is 30.1 Å². The molecule has 0 radical (unpaired) electrons. The topological polar surface area (TPSA) is 66.4 Å². The third-order valence-electron chi connectivity index (χ3n) is 2.36. The van der Waals surface area contributed by atoms with Crippen molar-refractivity contribution in [3.8, 4) is 0 Å². The zero-order chi connectivity index (χ0) is 12.8. The Kier molecular flexibility index (Phi) is 4.97. The number of nitrogens with one attached hydrogen (secondary N) is 1. The molecule has 1 aromatic rings. The summed E-state index contributed by atoms with van der Waals surface area (Å²) in [7, 11) is 0. The molecule has 0 spiro atoms. The molecule has 17 heavy (non-hydrogen) atoms. The monoisotopic (exact) mass is 255 g/mol. The van der Waals surface area contributed by atoms with E-state index in [0.717, 1.165) is 0 Å². The van der Waals surface area contributed by atoms with Gasteiger partial charge < -0.3 is 10.4 Å². The van der Waals surface area contributed by atoms with E-state index in [4.69, 9.17) is 16.7 Å². The minimum atomic E-state index is -0.923. The maximum Gasteiger partial charge on any atom is 0.305 e. The van der Waals surface area contributed by atoms with E-state index < -0.39 is 5.97 Å². The summed E-state index contributed by atoms with van der Waals surface area (Å²) in [6, 6.07) is 6.09. The Hall–Kier alpha value is -1.55.